The molecule has 4 heterocycles. The molecule has 0 saturated carbocycles. The molecule has 0 aliphatic heterocycles. The number of aromatic amines is 1. The number of nitrogens with zero attached hydrogens (tertiary/aromatic N) is 3. The average Bonchev–Trinajstić information content (AvgIpc) is 3.30. The van der Waals surface area contributed by atoms with E-state index in [1.807, 2.05) is 16.8 Å². The summed E-state index contributed by atoms with van der Waals surface area (Å²) in [5, 5.41) is 5.38. The van der Waals surface area contributed by atoms with E-state index in [0.717, 1.165) is 32.7 Å². The van der Waals surface area contributed by atoms with Gasteiger partial charge in [0.05, 0.1) is 12.8 Å². The third-order valence-corrected chi connectivity index (χ3v) is 5.92. The number of hydrogen-bond donors (Lipinski definition) is 1. The van der Waals surface area contributed by atoms with Crippen molar-refractivity contribution >= 4 is 33.2 Å². The van der Waals surface area contributed by atoms with Crippen LogP contribution in [0.2, 0.25) is 0 Å². The van der Waals surface area contributed by atoms with Crippen LogP contribution < -0.4 is 0 Å². The summed E-state index contributed by atoms with van der Waals surface area (Å²) in [6.07, 6.45) is 3.60. The predicted molar refractivity (Wildman–Crippen MR) is 103 cm³/mol. The number of pyridine rings is 1. The van der Waals surface area contributed by atoms with Crippen LogP contribution in [0.1, 0.15) is 46.1 Å². The highest BCUT2D eigenvalue weighted by Crippen LogP contribution is 2.40. The molecule has 0 bridgehead atoms. The molecule has 1 N–H and O–H groups in total. The Morgan fingerprint density at radius 2 is 2.08 bits per heavy atom. The third kappa shape index (κ3) is 2.34. The van der Waals surface area contributed by atoms with E-state index in [1.54, 1.807) is 6.33 Å². The van der Waals surface area contributed by atoms with Gasteiger partial charge in [0.15, 0.2) is 5.65 Å². The van der Waals surface area contributed by atoms with Crippen molar-refractivity contribution < 1.29 is 9.53 Å². The van der Waals surface area contributed by atoms with Gasteiger partial charge in [-0.25, -0.2) is 14.3 Å². The van der Waals surface area contributed by atoms with Crippen LogP contribution in [0.3, 0.4) is 0 Å². The minimum atomic E-state index is -0.299. The molecule has 7 heteroatoms. The molecular weight excluding hydrogens is 348 g/mol. The molecule has 4 aromatic heterocycles. The van der Waals surface area contributed by atoms with Gasteiger partial charge >= 0.3 is 5.97 Å². The van der Waals surface area contributed by atoms with Crippen LogP contribution in [0.15, 0.2) is 18.6 Å². The van der Waals surface area contributed by atoms with Gasteiger partial charge in [0.1, 0.15) is 16.0 Å². The lowest BCUT2D eigenvalue weighted by atomic mass is 9.94. The minimum Gasteiger partial charge on any atom is -0.465 e. The summed E-state index contributed by atoms with van der Waals surface area (Å²) < 4.78 is 6.68. The molecule has 0 atom stereocenters. The van der Waals surface area contributed by atoms with Gasteiger partial charge in [0.2, 0.25) is 0 Å². The summed E-state index contributed by atoms with van der Waals surface area (Å²) in [5.74, 6) is -0.00286. The number of methoxy groups -OCH3 is 1. The van der Waals surface area contributed by atoms with Crippen molar-refractivity contribution in [1.29, 1.82) is 0 Å². The molecule has 0 amide bonds. The van der Waals surface area contributed by atoms with Crippen LogP contribution in [-0.2, 0) is 4.74 Å². The number of aromatic nitrogens is 4. The number of ether oxygens (including phenoxy) is 1. The minimum absolute atomic E-state index is 0.296. The maximum absolute atomic E-state index is 11.9. The summed E-state index contributed by atoms with van der Waals surface area (Å²) in [5.41, 5.74) is 6.55. The first-order valence-electron chi connectivity index (χ1n) is 8.46. The normalized spacial score (nSPS) is 11.8. The zero-order valence-corrected chi connectivity index (χ0v) is 16.2. The van der Waals surface area contributed by atoms with Gasteiger partial charge in [0.25, 0.3) is 0 Å². The van der Waals surface area contributed by atoms with Crippen LogP contribution in [0.4, 0.5) is 0 Å². The van der Waals surface area contributed by atoms with Crippen LogP contribution in [0.5, 0.6) is 0 Å². The molecule has 0 aliphatic carbocycles. The van der Waals surface area contributed by atoms with Crippen molar-refractivity contribution in [2.45, 2.75) is 33.6 Å². The van der Waals surface area contributed by atoms with E-state index >= 15 is 0 Å². The summed E-state index contributed by atoms with van der Waals surface area (Å²) in [7, 11) is 1.41. The molecule has 6 nitrogen and oxygen atoms in total. The van der Waals surface area contributed by atoms with Crippen LogP contribution >= 0.6 is 11.3 Å². The number of thiophene rings is 1. The molecule has 4 rings (SSSR count). The first kappa shape index (κ1) is 16.8. The maximum atomic E-state index is 11.9. The molecular formula is C19H20N4O2S. The van der Waals surface area contributed by atoms with E-state index in [0.29, 0.717) is 10.8 Å². The van der Waals surface area contributed by atoms with E-state index in [9.17, 15) is 4.79 Å². The number of fused-ring (bicyclic) bond motifs is 2. The quantitative estimate of drug-likeness (QED) is 0.542. The second-order valence-corrected chi connectivity index (χ2v) is 7.79. The van der Waals surface area contributed by atoms with Crippen LogP contribution in [-0.4, -0.2) is 32.7 Å². The van der Waals surface area contributed by atoms with Gasteiger partial charge in [-0.1, -0.05) is 13.8 Å². The largest absolute Gasteiger partial charge is 0.465 e. The molecule has 0 unspecified atom stereocenters. The first-order valence-corrected chi connectivity index (χ1v) is 9.27. The van der Waals surface area contributed by atoms with Gasteiger partial charge in [-0.3, -0.25) is 0 Å². The third-order valence-electron chi connectivity index (χ3n) is 4.89. The SMILES string of the molecule is COC(=O)c1cc2c(C(C)C)c(-c3cn4ncnc4c(C)c3C)[nH]c2s1. The summed E-state index contributed by atoms with van der Waals surface area (Å²) >= 11 is 1.43. The van der Waals surface area contributed by atoms with Crippen molar-refractivity contribution in [3.8, 4) is 11.3 Å². The highest BCUT2D eigenvalue weighted by atomic mass is 32.1. The number of esters is 1. The van der Waals surface area contributed by atoms with Crippen molar-refractivity contribution in [3.05, 3.63) is 40.2 Å². The topological polar surface area (TPSA) is 72.3 Å². The molecule has 0 aliphatic rings. The number of rotatable bonds is 3. The van der Waals surface area contributed by atoms with Crippen molar-refractivity contribution in [2.75, 3.05) is 7.11 Å². The standard InChI is InChI=1S/C19H20N4O2S/c1-9(2)15-12-6-14(19(24)25-5)26-18(12)22-16(15)13-7-23-17(20-8-21-23)11(4)10(13)3/h6-9,22H,1-5H3. The van der Waals surface area contributed by atoms with Gasteiger partial charge in [0, 0.05) is 17.1 Å². The number of carbonyl (C=O) groups excluding carboxylic acids is 1. The fourth-order valence-corrected chi connectivity index (χ4v) is 4.46. The number of nitrogens with one attached hydrogen (secondary N) is 1. The lowest BCUT2D eigenvalue weighted by Crippen LogP contribution is -2.00. The highest BCUT2D eigenvalue weighted by molar-refractivity contribution is 7.20. The first-order chi connectivity index (χ1) is 12.4. The molecule has 0 spiro atoms. The number of hydrogen-bond acceptors (Lipinski definition) is 5. The summed E-state index contributed by atoms with van der Waals surface area (Å²) in [6, 6.07) is 1.93. The molecule has 0 aromatic carbocycles. The van der Waals surface area contributed by atoms with E-state index in [1.165, 1.54) is 29.6 Å². The number of H-pyrrole nitrogens is 1. The van der Waals surface area contributed by atoms with Crippen molar-refractivity contribution in [3.63, 3.8) is 0 Å². The molecule has 0 saturated heterocycles. The maximum Gasteiger partial charge on any atom is 0.348 e. The van der Waals surface area contributed by atoms with Crippen molar-refractivity contribution in [1.82, 2.24) is 19.6 Å². The zero-order chi connectivity index (χ0) is 18.6. The smallest absolute Gasteiger partial charge is 0.348 e. The molecule has 26 heavy (non-hydrogen) atoms. The number of carbonyl (C=O) groups is 1. The lowest BCUT2D eigenvalue weighted by molar-refractivity contribution is 0.0606. The van der Waals surface area contributed by atoms with Crippen LogP contribution in [0, 0.1) is 13.8 Å². The second kappa shape index (κ2) is 5.95. The van der Waals surface area contributed by atoms with Gasteiger partial charge in [-0.2, -0.15) is 5.10 Å². The summed E-state index contributed by atoms with van der Waals surface area (Å²) in [6.45, 7) is 8.51. The Morgan fingerprint density at radius 1 is 1.31 bits per heavy atom. The van der Waals surface area contributed by atoms with Gasteiger partial charge in [-0.15, -0.1) is 11.3 Å². The number of aryl methyl sites for hydroxylation is 1. The monoisotopic (exact) mass is 368 g/mol. The fraction of sp³-hybridized carbons (Fsp3) is 0.316. The average molecular weight is 368 g/mol. The van der Waals surface area contributed by atoms with E-state index in [2.05, 4.69) is 42.8 Å². The molecule has 0 radical (unpaired) electrons. The van der Waals surface area contributed by atoms with Crippen LogP contribution in [0.25, 0.3) is 27.1 Å². The Labute approximate surface area is 154 Å². The Morgan fingerprint density at radius 3 is 2.77 bits per heavy atom. The predicted octanol–water partition coefficient (Wildman–Crippen LogP) is 4.47. The van der Waals surface area contributed by atoms with Gasteiger partial charge in [-0.05, 0) is 42.5 Å². The molecule has 0 fully saturated rings. The Bertz CT molecular complexity index is 1150. The lowest BCUT2D eigenvalue weighted by Gasteiger charge is -2.13. The van der Waals surface area contributed by atoms with Crippen molar-refractivity contribution in [2.24, 2.45) is 0 Å². The molecule has 134 valence electrons. The Balaban J connectivity index is 2.00. The second-order valence-electron chi connectivity index (χ2n) is 6.73. The summed E-state index contributed by atoms with van der Waals surface area (Å²) in [4.78, 5) is 21.4. The van der Waals surface area contributed by atoms with E-state index < -0.39 is 0 Å². The molecule has 4 aromatic rings. The van der Waals surface area contributed by atoms with Gasteiger partial charge < -0.3 is 9.72 Å². The Kier molecular flexibility index (Phi) is 3.84. The Hall–Kier alpha value is -2.67. The fourth-order valence-electron chi connectivity index (χ4n) is 3.47. The van der Waals surface area contributed by atoms with E-state index in [-0.39, 0.29) is 5.97 Å². The highest BCUT2D eigenvalue weighted by Gasteiger charge is 2.22. The van der Waals surface area contributed by atoms with E-state index in [4.69, 9.17) is 4.74 Å². The zero-order valence-electron chi connectivity index (χ0n) is 15.4.